The first kappa shape index (κ1) is 13.1. The van der Waals surface area contributed by atoms with Gasteiger partial charge in [0.05, 0.1) is 11.9 Å². The highest BCUT2D eigenvalue weighted by atomic mass is 35.5. The number of alkyl halides is 1. The first-order valence-electron chi connectivity index (χ1n) is 6.37. The maximum absolute atomic E-state index is 6.23. The van der Waals surface area contributed by atoms with Gasteiger partial charge in [-0.25, -0.2) is 15.0 Å². The third kappa shape index (κ3) is 2.27. The van der Waals surface area contributed by atoms with Gasteiger partial charge in [-0.15, -0.1) is 11.6 Å². The van der Waals surface area contributed by atoms with Crippen molar-refractivity contribution in [2.75, 3.05) is 0 Å². The molecule has 3 aromatic heterocycles. The van der Waals surface area contributed by atoms with Gasteiger partial charge < -0.3 is 4.57 Å². The van der Waals surface area contributed by atoms with E-state index in [1.54, 1.807) is 11.0 Å². The van der Waals surface area contributed by atoms with Gasteiger partial charge in [0.1, 0.15) is 17.7 Å². The Bertz CT molecular complexity index is 757. The van der Waals surface area contributed by atoms with Crippen LogP contribution in [0.3, 0.4) is 0 Å². The van der Waals surface area contributed by atoms with Crippen LogP contribution in [0, 0.1) is 6.92 Å². The van der Waals surface area contributed by atoms with Crippen LogP contribution in [-0.2, 0) is 13.6 Å². The van der Waals surface area contributed by atoms with Crippen molar-refractivity contribution < 1.29 is 0 Å². The second-order valence-electron chi connectivity index (χ2n) is 4.80. The van der Waals surface area contributed by atoms with Gasteiger partial charge in [-0.3, -0.25) is 4.68 Å². The molecular weight excluding hydrogens is 276 g/mol. The molecule has 0 radical (unpaired) electrons. The van der Waals surface area contributed by atoms with Gasteiger partial charge >= 0.3 is 0 Å². The van der Waals surface area contributed by atoms with E-state index in [-0.39, 0.29) is 5.38 Å². The number of rotatable bonds is 3. The van der Waals surface area contributed by atoms with Crippen LogP contribution in [0.5, 0.6) is 0 Å². The van der Waals surface area contributed by atoms with E-state index in [0.717, 1.165) is 22.7 Å². The van der Waals surface area contributed by atoms with Crippen LogP contribution in [0.1, 0.15) is 29.6 Å². The maximum Gasteiger partial charge on any atom is 0.170 e. The second kappa shape index (κ2) is 4.86. The average Bonchev–Trinajstić information content (AvgIpc) is 2.95. The lowest BCUT2D eigenvalue weighted by molar-refractivity contribution is 0.680. The van der Waals surface area contributed by atoms with Crippen molar-refractivity contribution in [3.8, 4) is 0 Å². The lowest BCUT2D eigenvalue weighted by Crippen LogP contribution is -2.08. The third-order valence-electron chi connectivity index (χ3n) is 3.06. The molecule has 0 aliphatic heterocycles. The molecular formula is C13H15ClN6. The molecule has 1 unspecified atom stereocenters. The van der Waals surface area contributed by atoms with E-state index in [1.807, 2.05) is 37.6 Å². The first-order valence-corrected chi connectivity index (χ1v) is 6.80. The molecule has 0 bridgehead atoms. The van der Waals surface area contributed by atoms with E-state index in [2.05, 4.69) is 20.1 Å². The summed E-state index contributed by atoms with van der Waals surface area (Å²) in [4.78, 5) is 13.4. The van der Waals surface area contributed by atoms with Crippen LogP contribution >= 0.6 is 11.6 Å². The molecule has 0 saturated carbocycles. The zero-order valence-corrected chi connectivity index (χ0v) is 12.3. The summed E-state index contributed by atoms with van der Waals surface area (Å²) in [6, 6.07) is 3.91. The summed E-state index contributed by atoms with van der Waals surface area (Å²) < 4.78 is 3.66. The molecule has 104 valence electrons. The fourth-order valence-corrected chi connectivity index (χ4v) is 2.34. The fourth-order valence-electron chi connectivity index (χ4n) is 2.17. The van der Waals surface area contributed by atoms with Crippen LogP contribution < -0.4 is 0 Å². The molecule has 0 aliphatic carbocycles. The Morgan fingerprint density at radius 2 is 2.10 bits per heavy atom. The van der Waals surface area contributed by atoms with Gasteiger partial charge in [0.2, 0.25) is 0 Å². The summed E-state index contributed by atoms with van der Waals surface area (Å²) in [6.45, 7) is 4.37. The van der Waals surface area contributed by atoms with Gasteiger partial charge in [-0.2, -0.15) is 5.10 Å². The molecule has 0 aromatic carbocycles. The lowest BCUT2D eigenvalue weighted by Gasteiger charge is -2.07. The van der Waals surface area contributed by atoms with E-state index in [0.29, 0.717) is 12.4 Å². The minimum absolute atomic E-state index is 0.201. The number of hydrogen-bond donors (Lipinski definition) is 0. The summed E-state index contributed by atoms with van der Waals surface area (Å²) in [7, 11) is 1.84. The highest BCUT2D eigenvalue weighted by Gasteiger charge is 2.17. The smallest absolute Gasteiger partial charge is 0.170 e. The molecule has 1 atom stereocenters. The molecule has 3 heterocycles. The van der Waals surface area contributed by atoms with Crippen molar-refractivity contribution in [1.82, 2.24) is 29.3 Å². The number of imidazole rings is 1. The Balaban J connectivity index is 2.15. The van der Waals surface area contributed by atoms with E-state index < -0.39 is 0 Å². The van der Waals surface area contributed by atoms with Crippen LogP contribution in [0.2, 0.25) is 0 Å². The Kier molecular flexibility index (Phi) is 3.17. The van der Waals surface area contributed by atoms with E-state index in [1.165, 1.54) is 0 Å². The minimum atomic E-state index is -0.201. The maximum atomic E-state index is 6.23. The molecule has 0 aliphatic rings. The molecule has 0 spiro atoms. The van der Waals surface area contributed by atoms with Crippen molar-refractivity contribution in [3.05, 3.63) is 35.8 Å². The minimum Gasteiger partial charge on any atom is -0.304 e. The number of fused-ring (bicyclic) bond motifs is 1. The van der Waals surface area contributed by atoms with Crippen LogP contribution in [-0.4, -0.2) is 29.3 Å². The van der Waals surface area contributed by atoms with Crippen molar-refractivity contribution in [2.24, 2.45) is 7.05 Å². The molecule has 0 saturated heterocycles. The van der Waals surface area contributed by atoms with Crippen LogP contribution in [0.25, 0.3) is 11.2 Å². The molecule has 3 rings (SSSR count). The molecule has 0 amide bonds. The zero-order valence-electron chi connectivity index (χ0n) is 11.6. The van der Waals surface area contributed by atoms with E-state index >= 15 is 0 Å². The number of aromatic nitrogens is 6. The van der Waals surface area contributed by atoms with Crippen molar-refractivity contribution in [1.29, 1.82) is 0 Å². The largest absolute Gasteiger partial charge is 0.304 e. The van der Waals surface area contributed by atoms with Gasteiger partial charge in [0.25, 0.3) is 0 Å². The van der Waals surface area contributed by atoms with E-state index in [9.17, 15) is 0 Å². The van der Waals surface area contributed by atoms with Gasteiger partial charge in [0.15, 0.2) is 11.5 Å². The van der Waals surface area contributed by atoms with Gasteiger partial charge in [-0.05, 0) is 26.0 Å². The predicted molar refractivity (Wildman–Crippen MR) is 76.6 cm³/mol. The Hall–Kier alpha value is -1.95. The van der Waals surface area contributed by atoms with Crippen molar-refractivity contribution in [3.63, 3.8) is 0 Å². The molecule has 6 nitrogen and oxygen atoms in total. The topological polar surface area (TPSA) is 61.4 Å². The third-order valence-corrected chi connectivity index (χ3v) is 3.26. The standard InChI is InChI=1S/C13H15ClN6/c1-8-4-5-10-13(16-8)20(12(17-10)9(2)14)6-11-15-7-19(3)18-11/h4-5,7,9H,6H2,1-3H3. The first-order chi connectivity index (χ1) is 9.54. The number of pyridine rings is 1. The zero-order chi connectivity index (χ0) is 14.3. The second-order valence-corrected chi connectivity index (χ2v) is 5.46. The monoisotopic (exact) mass is 290 g/mol. The molecule has 20 heavy (non-hydrogen) atoms. The van der Waals surface area contributed by atoms with Crippen molar-refractivity contribution >= 4 is 22.8 Å². The summed E-state index contributed by atoms with van der Waals surface area (Å²) in [6.07, 6.45) is 1.68. The molecule has 3 aromatic rings. The summed E-state index contributed by atoms with van der Waals surface area (Å²) in [5.74, 6) is 1.50. The SMILES string of the molecule is Cc1ccc2nc(C(C)Cl)n(Cc3ncn(C)n3)c2n1. The number of halogens is 1. The van der Waals surface area contributed by atoms with Gasteiger partial charge in [0, 0.05) is 12.7 Å². The summed E-state index contributed by atoms with van der Waals surface area (Å²) in [5.41, 5.74) is 2.61. The Morgan fingerprint density at radius 3 is 2.75 bits per heavy atom. The average molecular weight is 291 g/mol. The quantitative estimate of drug-likeness (QED) is 0.694. The lowest BCUT2D eigenvalue weighted by atomic mass is 10.3. The molecule has 7 heteroatoms. The number of nitrogens with zero attached hydrogens (tertiary/aromatic N) is 6. The Labute approximate surface area is 121 Å². The fraction of sp³-hybridized carbons (Fsp3) is 0.385. The summed E-state index contributed by atoms with van der Waals surface area (Å²) >= 11 is 6.23. The van der Waals surface area contributed by atoms with Crippen LogP contribution in [0.4, 0.5) is 0 Å². The Morgan fingerprint density at radius 1 is 1.30 bits per heavy atom. The summed E-state index contributed by atoms with van der Waals surface area (Å²) in [5, 5.41) is 4.10. The van der Waals surface area contributed by atoms with E-state index in [4.69, 9.17) is 11.6 Å². The predicted octanol–water partition coefficient (Wildman–Crippen LogP) is 2.22. The highest BCUT2D eigenvalue weighted by molar-refractivity contribution is 6.20. The highest BCUT2D eigenvalue weighted by Crippen LogP contribution is 2.24. The number of hydrogen-bond acceptors (Lipinski definition) is 4. The van der Waals surface area contributed by atoms with Gasteiger partial charge in [-0.1, -0.05) is 0 Å². The van der Waals surface area contributed by atoms with Crippen molar-refractivity contribution in [2.45, 2.75) is 25.8 Å². The van der Waals surface area contributed by atoms with Crippen LogP contribution in [0.15, 0.2) is 18.5 Å². The number of aryl methyl sites for hydroxylation is 2. The molecule has 0 fully saturated rings. The normalized spacial score (nSPS) is 13.0. The molecule has 0 N–H and O–H groups in total.